The Labute approximate surface area is 77.6 Å². The van der Waals surface area contributed by atoms with E-state index in [0.29, 0.717) is 17.8 Å². The summed E-state index contributed by atoms with van der Waals surface area (Å²) in [4.78, 5) is 11.1. The molecule has 0 aromatic carbocycles. The Hall–Kier alpha value is -0.790. The minimum Gasteiger partial charge on any atom is -0.481 e. The molecule has 4 atom stereocenters. The van der Waals surface area contributed by atoms with Crippen LogP contribution in [0, 0.1) is 23.7 Å². The highest BCUT2D eigenvalue weighted by Crippen LogP contribution is 2.59. The van der Waals surface area contributed by atoms with E-state index in [0.717, 1.165) is 12.8 Å². The molecule has 0 amide bonds. The fourth-order valence-electron chi connectivity index (χ4n) is 3.85. The molecule has 2 saturated carbocycles. The zero-order valence-corrected chi connectivity index (χ0v) is 7.57. The predicted octanol–water partition coefficient (Wildman–Crippen LogP) is 2.06. The molecule has 0 aromatic heterocycles. The van der Waals surface area contributed by atoms with Crippen molar-refractivity contribution in [2.45, 2.75) is 25.7 Å². The Morgan fingerprint density at radius 3 is 2.85 bits per heavy atom. The zero-order chi connectivity index (χ0) is 9.00. The normalized spacial score (nSPS) is 46.3. The van der Waals surface area contributed by atoms with E-state index in [1.165, 1.54) is 18.4 Å². The van der Waals surface area contributed by atoms with Gasteiger partial charge in [0.15, 0.2) is 0 Å². The molecule has 13 heavy (non-hydrogen) atoms. The average Bonchev–Trinajstić information content (AvgIpc) is 2.75. The highest BCUT2D eigenvalue weighted by atomic mass is 16.4. The zero-order valence-electron chi connectivity index (χ0n) is 7.57. The molecule has 0 heterocycles. The maximum atomic E-state index is 11.1. The molecule has 3 aliphatic carbocycles. The Kier molecular flexibility index (Phi) is 1.38. The summed E-state index contributed by atoms with van der Waals surface area (Å²) >= 11 is 0. The second kappa shape index (κ2) is 2.37. The second-order valence-electron chi connectivity index (χ2n) is 4.60. The number of aliphatic carboxylic acids is 1. The Bertz CT molecular complexity index is 292. The van der Waals surface area contributed by atoms with Gasteiger partial charge in [0, 0.05) is 0 Å². The van der Waals surface area contributed by atoms with Gasteiger partial charge in [0.05, 0.1) is 5.92 Å². The number of carboxylic acid groups (broad SMARTS) is 1. The maximum Gasteiger partial charge on any atom is 0.307 e. The van der Waals surface area contributed by atoms with E-state index in [1.54, 1.807) is 0 Å². The highest BCUT2D eigenvalue weighted by Gasteiger charge is 2.54. The van der Waals surface area contributed by atoms with Gasteiger partial charge >= 0.3 is 5.97 Å². The van der Waals surface area contributed by atoms with Crippen LogP contribution in [0.5, 0.6) is 0 Å². The minimum absolute atomic E-state index is 0.0310. The fraction of sp³-hybridized carbons (Fsp3) is 0.727. The van der Waals surface area contributed by atoms with E-state index in [4.69, 9.17) is 5.11 Å². The first-order chi connectivity index (χ1) is 6.29. The van der Waals surface area contributed by atoms with Crippen LogP contribution in [0.15, 0.2) is 11.6 Å². The molecule has 1 N–H and O–H groups in total. The van der Waals surface area contributed by atoms with Crippen molar-refractivity contribution >= 4 is 5.97 Å². The molecule has 2 nitrogen and oxygen atoms in total. The molecule has 0 aromatic rings. The molecule has 0 unspecified atom stereocenters. The van der Waals surface area contributed by atoms with Crippen LogP contribution < -0.4 is 0 Å². The maximum absolute atomic E-state index is 11.1. The Morgan fingerprint density at radius 1 is 1.31 bits per heavy atom. The number of carboxylic acids is 1. The first-order valence-electron chi connectivity index (χ1n) is 5.22. The van der Waals surface area contributed by atoms with Gasteiger partial charge in [0.25, 0.3) is 0 Å². The van der Waals surface area contributed by atoms with Crippen molar-refractivity contribution in [3.05, 3.63) is 11.6 Å². The molecule has 0 aliphatic heterocycles. The van der Waals surface area contributed by atoms with Crippen LogP contribution in [0.3, 0.4) is 0 Å². The van der Waals surface area contributed by atoms with Crippen molar-refractivity contribution in [2.75, 3.05) is 0 Å². The van der Waals surface area contributed by atoms with E-state index in [1.807, 2.05) is 0 Å². The number of fused-ring (bicyclic) bond motifs is 5. The van der Waals surface area contributed by atoms with Crippen molar-refractivity contribution in [1.82, 2.24) is 0 Å². The summed E-state index contributed by atoms with van der Waals surface area (Å²) in [5.41, 5.74) is 1.50. The van der Waals surface area contributed by atoms with Crippen LogP contribution in [0.4, 0.5) is 0 Å². The molecule has 0 spiro atoms. The standard InChI is InChI=1S/C11H14O2/c12-11(13)10-8-4-5-9(10)7-3-1-2-6(7)8/h2,7-10H,1,3-5H2,(H,12,13)/t7-,8-,9+,10+/m1/s1. The second-order valence-corrected chi connectivity index (χ2v) is 4.60. The fourth-order valence-corrected chi connectivity index (χ4v) is 3.85. The van der Waals surface area contributed by atoms with E-state index in [9.17, 15) is 4.79 Å². The summed E-state index contributed by atoms with van der Waals surface area (Å²) < 4.78 is 0. The highest BCUT2D eigenvalue weighted by molar-refractivity contribution is 5.73. The van der Waals surface area contributed by atoms with Crippen LogP contribution in [0.1, 0.15) is 25.7 Å². The lowest BCUT2D eigenvalue weighted by Gasteiger charge is -2.19. The van der Waals surface area contributed by atoms with Crippen molar-refractivity contribution < 1.29 is 9.90 Å². The van der Waals surface area contributed by atoms with E-state index in [2.05, 4.69) is 6.08 Å². The van der Waals surface area contributed by atoms with Crippen molar-refractivity contribution in [3.63, 3.8) is 0 Å². The number of rotatable bonds is 1. The topological polar surface area (TPSA) is 37.3 Å². The Morgan fingerprint density at radius 2 is 2.15 bits per heavy atom. The minimum atomic E-state index is -0.553. The van der Waals surface area contributed by atoms with Gasteiger partial charge in [-0.25, -0.2) is 0 Å². The van der Waals surface area contributed by atoms with Crippen LogP contribution in [0.25, 0.3) is 0 Å². The molecule has 3 rings (SSSR count). The van der Waals surface area contributed by atoms with Crippen LogP contribution in [-0.4, -0.2) is 11.1 Å². The smallest absolute Gasteiger partial charge is 0.307 e. The summed E-state index contributed by atoms with van der Waals surface area (Å²) in [7, 11) is 0. The molecule has 2 heteroatoms. The molecule has 3 aliphatic rings. The number of carbonyl (C=O) groups is 1. The van der Waals surface area contributed by atoms with E-state index < -0.39 is 5.97 Å². The lowest BCUT2D eigenvalue weighted by molar-refractivity contribution is -0.143. The molecular formula is C11H14O2. The number of hydrogen-bond acceptors (Lipinski definition) is 1. The molecule has 0 saturated heterocycles. The van der Waals surface area contributed by atoms with Gasteiger partial charge in [-0.05, 0) is 43.4 Å². The van der Waals surface area contributed by atoms with Crippen molar-refractivity contribution in [1.29, 1.82) is 0 Å². The largest absolute Gasteiger partial charge is 0.481 e. The van der Waals surface area contributed by atoms with Gasteiger partial charge in [-0.15, -0.1) is 0 Å². The van der Waals surface area contributed by atoms with Crippen LogP contribution in [-0.2, 0) is 4.79 Å². The first-order valence-corrected chi connectivity index (χ1v) is 5.22. The SMILES string of the molecule is O=C(O)[C@@H]1[C@H]2CC[C@@H]1C1=CCC[C@H]12. The van der Waals surface area contributed by atoms with E-state index in [-0.39, 0.29) is 5.92 Å². The average molecular weight is 178 g/mol. The van der Waals surface area contributed by atoms with Crippen molar-refractivity contribution in [2.24, 2.45) is 23.7 Å². The van der Waals surface area contributed by atoms with Crippen LogP contribution >= 0.6 is 0 Å². The Balaban J connectivity index is 2.00. The van der Waals surface area contributed by atoms with Gasteiger partial charge in [-0.3, -0.25) is 4.79 Å². The predicted molar refractivity (Wildman–Crippen MR) is 48.1 cm³/mol. The molecule has 2 bridgehead atoms. The lowest BCUT2D eigenvalue weighted by atomic mass is 9.86. The lowest BCUT2D eigenvalue weighted by Crippen LogP contribution is -2.19. The summed E-state index contributed by atoms with van der Waals surface area (Å²) in [6.45, 7) is 0. The summed E-state index contributed by atoms with van der Waals surface area (Å²) in [6.07, 6.45) is 7.01. The summed E-state index contributed by atoms with van der Waals surface area (Å²) in [5, 5.41) is 9.12. The molecule has 0 radical (unpaired) electrons. The van der Waals surface area contributed by atoms with E-state index >= 15 is 0 Å². The van der Waals surface area contributed by atoms with Gasteiger partial charge in [-0.1, -0.05) is 11.6 Å². The third-order valence-electron chi connectivity index (χ3n) is 4.22. The van der Waals surface area contributed by atoms with Crippen LogP contribution in [0.2, 0.25) is 0 Å². The first kappa shape index (κ1) is 7.60. The third kappa shape index (κ3) is 0.812. The molecule has 2 fully saturated rings. The van der Waals surface area contributed by atoms with Gasteiger partial charge < -0.3 is 5.11 Å². The number of hydrogen-bond donors (Lipinski definition) is 1. The quantitative estimate of drug-likeness (QED) is 0.624. The third-order valence-corrected chi connectivity index (χ3v) is 4.22. The van der Waals surface area contributed by atoms with Gasteiger partial charge in [0.1, 0.15) is 0 Å². The summed E-state index contributed by atoms with van der Waals surface area (Å²) in [6, 6.07) is 0. The molecule has 70 valence electrons. The monoisotopic (exact) mass is 178 g/mol. The number of allylic oxidation sites excluding steroid dienone is 2. The van der Waals surface area contributed by atoms with Gasteiger partial charge in [-0.2, -0.15) is 0 Å². The molecular weight excluding hydrogens is 164 g/mol. The van der Waals surface area contributed by atoms with Gasteiger partial charge in [0.2, 0.25) is 0 Å². The summed E-state index contributed by atoms with van der Waals surface area (Å²) in [5.74, 6) is 0.963. The van der Waals surface area contributed by atoms with Crippen molar-refractivity contribution in [3.8, 4) is 0 Å².